The first-order valence-corrected chi connectivity index (χ1v) is 4.26. The van der Waals surface area contributed by atoms with Gasteiger partial charge in [-0.2, -0.15) is 0 Å². The molecule has 0 bridgehead atoms. The molecule has 2 unspecified atom stereocenters. The van der Waals surface area contributed by atoms with E-state index in [9.17, 15) is 0 Å². The Morgan fingerprint density at radius 2 is 2.33 bits per heavy atom. The van der Waals surface area contributed by atoms with Gasteiger partial charge in [0, 0.05) is 12.8 Å². The third-order valence-corrected chi connectivity index (χ3v) is 2.04. The molecule has 0 fully saturated rings. The molecule has 0 saturated heterocycles. The van der Waals surface area contributed by atoms with Crippen LogP contribution in [0.2, 0.25) is 0 Å². The van der Waals surface area contributed by atoms with Crippen molar-refractivity contribution in [1.29, 1.82) is 0 Å². The summed E-state index contributed by atoms with van der Waals surface area (Å²) in [5, 5.41) is 0. The van der Waals surface area contributed by atoms with Crippen molar-refractivity contribution in [2.45, 2.75) is 25.6 Å². The molecule has 64 valence electrons. The van der Waals surface area contributed by atoms with Crippen molar-refractivity contribution in [2.24, 2.45) is 15.0 Å². The molecule has 2 rings (SSSR count). The van der Waals surface area contributed by atoms with E-state index in [0.717, 1.165) is 13.0 Å². The predicted octanol–water partition coefficient (Wildman–Crippen LogP) is 0.548. The topological polar surface area (TPSA) is 40.3 Å². The minimum Gasteiger partial charge on any atom is -0.339 e. The summed E-state index contributed by atoms with van der Waals surface area (Å²) in [5.41, 5.74) is 0. The van der Waals surface area contributed by atoms with Gasteiger partial charge in [0.1, 0.15) is 12.4 Å². The molecule has 2 aliphatic heterocycles. The van der Waals surface area contributed by atoms with Crippen LogP contribution in [0.1, 0.15) is 13.3 Å². The van der Waals surface area contributed by atoms with E-state index in [1.807, 2.05) is 12.6 Å². The van der Waals surface area contributed by atoms with Crippen molar-refractivity contribution in [3.05, 3.63) is 0 Å². The highest BCUT2D eigenvalue weighted by Gasteiger charge is 2.29. The second-order valence-electron chi connectivity index (χ2n) is 2.97. The van der Waals surface area contributed by atoms with Gasteiger partial charge in [0.2, 0.25) is 0 Å². The molecule has 0 saturated carbocycles. The van der Waals surface area contributed by atoms with Gasteiger partial charge >= 0.3 is 0 Å². The number of rotatable bonds is 2. The van der Waals surface area contributed by atoms with Crippen molar-refractivity contribution < 1.29 is 0 Å². The SMILES string of the molecule is CCCN1C=NC2C=NC=NC21. The highest BCUT2D eigenvalue weighted by molar-refractivity contribution is 5.82. The highest BCUT2D eigenvalue weighted by Crippen LogP contribution is 2.15. The fourth-order valence-electron chi connectivity index (χ4n) is 1.48. The first-order chi connectivity index (χ1) is 5.92. The lowest BCUT2D eigenvalue weighted by atomic mass is 10.2. The zero-order valence-corrected chi connectivity index (χ0v) is 7.09. The molecule has 0 radical (unpaired) electrons. The number of hydrogen-bond donors (Lipinski definition) is 0. The second-order valence-corrected chi connectivity index (χ2v) is 2.97. The number of aliphatic imine (C=N–C) groups is 3. The van der Waals surface area contributed by atoms with Crippen molar-refractivity contribution in [1.82, 2.24) is 4.90 Å². The molecule has 0 aromatic heterocycles. The quantitative estimate of drug-likeness (QED) is 0.587. The Labute approximate surface area is 71.7 Å². The maximum absolute atomic E-state index is 4.30. The number of nitrogens with zero attached hydrogens (tertiary/aromatic N) is 4. The molecule has 0 spiro atoms. The summed E-state index contributed by atoms with van der Waals surface area (Å²) in [6.45, 7) is 3.18. The Morgan fingerprint density at radius 3 is 3.17 bits per heavy atom. The Balaban J connectivity index is 2.08. The molecule has 2 heterocycles. The van der Waals surface area contributed by atoms with Gasteiger partial charge in [-0.3, -0.25) is 4.99 Å². The van der Waals surface area contributed by atoms with Crippen LogP contribution in [-0.4, -0.2) is 42.5 Å². The average molecular weight is 164 g/mol. The largest absolute Gasteiger partial charge is 0.339 e. The molecule has 2 aliphatic rings. The van der Waals surface area contributed by atoms with Gasteiger partial charge in [0.05, 0.1) is 6.34 Å². The zero-order chi connectivity index (χ0) is 8.39. The summed E-state index contributed by atoms with van der Waals surface area (Å²) in [6, 6.07) is 0.154. The number of hydrogen-bond acceptors (Lipinski definition) is 4. The van der Waals surface area contributed by atoms with Crippen LogP contribution >= 0.6 is 0 Å². The Kier molecular flexibility index (Phi) is 1.89. The lowest BCUT2D eigenvalue weighted by Gasteiger charge is -2.23. The summed E-state index contributed by atoms with van der Waals surface area (Å²) in [5.74, 6) is 0. The van der Waals surface area contributed by atoms with Gasteiger partial charge in [-0.15, -0.1) is 0 Å². The minimum absolute atomic E-state index is 0.154. The fourth-order valence-corrected chi connectivity index (χ4v) is 1.48. The van der Waals surface area contributed by atoms with E-state index >= 15 is 0 Å². The molecule has 0 amide bonds. The molecule has 4 heteroatoms. The molecule has 0 N–H and O–H groups in total. The molecule has 2 atom stereocenters. The van der Waals surface area contributed by atoms with Crippen molar-refractivity contribution in [2.75, 3.05) is 6.54 Å². The van der Waals surface area contributed by atoms with Crippen LogP contribution in [0.3, 0.4) is 0 Å². The zero-order valence-electron chi connectivity index (χ0n) is 7.09. The van der Waals surface area contributed by atoms with Crippen LogP contribution in [0.4, 0.5) is 0 Å². The molecule has 0 aromatic carbocycles. The van der Waals surface area contributed by atoms with Crippen LogP contribution in [0.25, 0.3) is 0 Å². The summed E-state index contributed by atoms with van der Waals surface area (Å²) >= 11 is 0. The van der Waals surface area contributed by atoms with Crippen LogP contribution in [0.5, 0.6) is 0 Å². The maximum Gasteiger partial charge on any atom is 0.151 e. The third kappa shape index (κ3) is 1.13. The van der Waals surface area contributed by atoms with E-state index in [2.05, 4.69) is 26.8 Å². The smallest absolute Gasteiger partial charge is 0.151 e. The normalized spacial score (nSPS) is 31.2. The van der Waals surface area contributed by atoms with E-state index in [1.165, 1.54) is 0 Å². The van der Waals surface area contributed by atoms with Gasteiger partial charge in [0.15, 0.2) is 6.17 Å². The molecular formula is C8H12N4. The lowest BCUT2D eigenvalue weighted by molar-refractivity contribution is 0.344. The van der Waals surface area contributed by atoms with Crippen LogP contribution < -0.4 is 0 Å². The van der Waals surface area contributed by atoms with E-state index in [4.69, 9.17) is 0 Å². The summed E-state index contributed by atoms with van der Waals surface area (Å²) in [7, 11) is 0. The van der Waals surface area contributed by atoms with Crippen molar-refractivity contribution in [3.63, 3.8) is 0 Å². The predicted molar refractivity (Wildman–Crippen MR) is 50.0 cm³/mol. The maximum atomic E-state index is 4.30. The first kappa shape index (κ1) is 7.46. The van der Waals surface area contributed by atoms with Gasteiger partial charge in [-0.25, -0.2) is 9.98 Å². The van der Waals surface area contributed by atoms with E-state index in [-0.39, 0.29) is 12.2 Å². The van der Waals surface area contributed by atoms with Crippen molar-refractivity contribution in [3.8, 4) is 0 Å². The van der Waals surface area contributed by atoms with Crippen molar-refractivity contribution >= 4 is 18.9 Å². The van der Waals surface area contributed by atoms with Gasteiger partial charge in [-0.1, -0.05) is 6.92 Å². The standard InChI is InChI=1S/C8H12N4/c1-2-3-12-6-11-7-4-9-5-10-8(7)12/h4-8H,2-3H2,1H3. The third-order valence-electron chi connectivity index (χ3n) is 2.04. The summed E-state index contributed by atoms with van der Waals surface area (Å²) < 4.78 is 0. The van der Waals surface area contributed by atoms with Crippen LogP contribution in [-0.2, 0) is 0 Å². The Morgan fingerprint density at radius 1 is 1.42 bits per heavy atom. The molecular weight excluding hydrogens is 152 g/mol. The van der Waals surface area contributed by atoms with E-state index < -0.39 is 0 Å². The second kappa shape index (κ2) is 3.05. The summed E-state index contributed by atoms with van der Waals surface area (Å²) in [6.07, 6.45) is 6.65. The fraction of sp³-hybridized carbons (Fsp3) is 0.625. The molecule has 0 aromatic rings. The number of fused-ring (bicyclic) bond motifs is 1. The Bertz CT molecular complexity index is 243. The first-order valence-electron chi connectivity index (χ1n) is 4.26. The van der Waals surface area contributed by atoms with Gasteiger partial charge in [0.25, 0.3) is 0 Å². The minimum atomic E-state index is 0.154. The molecule has 0 aliphatic carbocycles. The molecule has 4 nitrogen and oxygen atoms in total. The molecule has 12 heavy (non-hydrogen) atoms. The van der Waals surface area contributed by atoms with E-state index in [1.54, 1.807) is 6.34 Å². The van der Waals surface area contributed by atoms with Crippen LogP contribution in [0.15, 0.2) is 15.0 Å². The Hall–Kier alpha value is -1.19. The highest BCUT2D eigenvalue weighted by atomic mass is 15.3. The average Bonchev–Trinajstić information content (AvgIpc) is 2.50. The van der Waals surface area contributed by atoms with Gasteiger partial charge in [-0.05, 0) is 6.42 Å². The van der Waals surface area contributed by atoms with Crippen LogP contribution in [0, 0.1) is 0 Å². The van der Waals surface area contributed by atoms with Gasteiger partial charge < -0.3 is 4.90 Å². The monoisotopic (exact) mass is 164 g/mol. The lowest BCUT2D eigenvalue weighted by Crippen LogP contribution is -2.37. The summed E-state index contributed by atoms with van der Waals surface area (Å²) in [4.78, 5) is 14.7. The van der Waals surface area contributed by atoms with E-state index in [0.29, 0.717) is 0 Å².